The largest absolute Gasteiger partial charge is 0.337 e. The molecule has 27 heavy (non-hydrogen) atoms. The van der Waals surface area contributed by atoms with Crippen molar-refractivity contribution in [3.05, 3.63) is 42.7 Å². The number of nitrogens with zero attached hydrogens (tertiary/aromatic N) is 5. The second kappa shape index (κ2) is 7.07. The lowest BCUT2D eigenvalue weighted by molar-refractivity contribution is 0.598. The highest BCUT2D eigenvalue weighted by atomic mass is 32.2. The van der Waals surface area contributed by atoms with Gasteiger partial charge in [-0.15, -0.1) is 5.10 Å². The lowest BCUT2D eigenvalue weighted by atomic mass is 10.2. The third-order valence-electron chi connectivity index (χ3n) is 4.69. The van der Waals surface area contributed by atoms with E-state index in [0.29, 0.717) is 24.7 Å². The summed E-state index contributed by atoms with van der Waals surface area (Å²) in [5.74, 6) is 1.31. The first kappa shape index (κ1) is 17.6. The van der Waals surface area contributed by atoms with Gasteiger partial charge in [0.05, 0.1) is 28.9 Å². The Bertz CT molecular complexity index is 1070. The Kier molecular flexibility index (Phi) is 4.61. The second-order valence-electron chi connectivity index (χ2n) is 6.49. The second-order valence-corrected chi connectivity index (χ2v) is 8.72. The zero-order valence-corrected chi connectivity index (χ0v) is 15.7. The Labute approximate surface area is 157 Å². The van der Waals surface area contributed by atoms with Crippen LogP contribution in [0.5, 0.6) is 0 Å². The van der Waals surface area contributed by atoms with E-state index in [0.717, 1.165) is 16.6 Å². The van der Waals surface area contributed by atoms with Gasteiger partial charge >= 0.3 is 0 Å². The predicted octanol–water partition coefficient (Wildman–Crippen LogP) is 2.18. The van der Waals surface area contributed by atoms with E-state index in [1.165, 1.54) is 0 Å². The van der Waals surface area contributed by atoms with Crippen LogP contribution in [0.2, 0.25) is 0 Å². The van der Waals surface area contributed by atoms with E-state index in [4.69, 9.17) is 0 Å². The van der Waals surface area contributed by atoms with Gasteiger partial charge in [0, 0.05) is 24.2 Å². The molecule has 1 saturated heterocycles. The molecule has 0 bridgehead atoms. The van der Waals surface area contributed by atoms with Gasteiger partial charge in [-0.3, -0.25) is 4.98 Å². The molecule has 1 atom stereocenters. The van der Waals surface area contributed by atoms with Gasteiger partial charge in [0.1, 0.15) is 0 Å². The number of para-hydroxylation sites is 1. The summed E-state index contributed by atoms with van der Waals surface area (Å²) in [5, 5.41) is 12.4. The molecule has 2 aromatic heterocycles. The van der Waals surface area contributed by atoms with Crippen molar-refractivity contribution in [2.75, 3.05) is 28.3 Å². The first-order valence-electron chi connectivity index (χ1n) is 8.83. The Morgan fingerprint density at radius 1 is 1.26 bits per heavy atom. The minimum absolute atomic E-state index is 0.115. The van der Waals surface area contributed by atoms with Crippen molar-refractivity contribution < 1.29 is 8.42 Å². The lowest BCUT2D eigenvalue weighted by Crippen LogP contribution is -2.37. The summed E-state index contributed by atoms with van der Waals surface area (Å²) in [5.41, 5.74) is 1.67. The van der Waals surface area contributed by atoms with Crippen LogP contribution in [0.25, 0.3) is 10.9 Å². The molecule has 1 aliphatic heterocycles. The molecule has 9 heteroatoms. The molecule has 0 aliphatic carbocycles. The first-order valence-corrected chi connectivity index (χ1v) is 10.7. The van der Waals surface area contributed by atoms with Crippen molar-refractivity contribution in [1.29, 1.82) is 0 Å². The van der Waals surface area contributed by atoms with Crippen LogP contribution >= 0.6 is 0 Å². The topological polar surface area (TPSA) is 101 Å². The maximum absolute atomic E-state index is 11.8. The van der Waals surface area contributed by atoms with Crippen molar-refractivity contribution in [2.24, 2.45) is 0 Å². The van der Waals surface area contributed by atoms with Gasteiger partial charge in [0.15, 0.2) is 15.7 Å². The number of nitrogens with one attached hydrogen (secondary N) is 1. The number of benzene rings is 1. The van der Waals surface area contributed by atoms with Gasteiger partial charge in [-0.25, -0.2) is 8.42 Å². The molecule has 1 unspecified atom stereocenters. The summed E-state index contributed by atoms with van der Waals surface area (Å²) in [6.45, 7) is 2.57. The number of sulfone groups is 1. The number of rotatable bonds is 5. The van der Waals surface area contributed by atoms with Crippen molar-refractivity contribution in [2.45, 2.75) is 19.4 Å². The van der Waals surface area contributed by atoms with Gasteiger partial charge in [0.25, 0.3) is 0 Å². The summed E-state index contributed by atoms with van der Waals surface area (Å²) >= 11 is 0. The van der Waals surface area contributed by atoms with Crippen LogP contribution in [-0.4, -0.2) is 52.7 Å². The monoisotopic (exact) mass is 384 g/mol. The molecule has 1 aromatic carbocycles. The molecule has 0 amide bonds. The highest BCUT2D eigenvalue weighted by molar-refractivity contribution is 7.91. The molecule has 0 saturated carbocycles. The van der Waals surface area contributed by atoms with E-state index in [9.17, 15) is 8.42 Å². The molecular formula is C18H20N6O2S. The van der Waals surface area contributed by atoms with E-state index in [-0.39, 0.29) is 17.5 Å². The summed E-state index contributed by atoms with van der Waals surface area (Å²) in [6, 6.07) is 9.65. The fraction of sp³-hybridized carbons (Fsp3) is 0.333. The van der Waals surface area contributed by atoms with Crippen LogP contribution in [0.1, 0.15) is 13.3 Å². The maximum Gasteiger partial charge on any atom is 0.247 e. The molecule has 1 aliphatic rings. The number of aromatic nitrogens is 4. The molecule has 4 rings (SSSR count). The summed E-state index contributed by atoms with van der Waals surface area (Å²) < 4.78 is 23.6. The lowest BCUT2D eigenvalue weighted by Gasteiger charge is -2.26. The quantitative estimate of drug-likeness (QED) is 0.714. The van der Waals surface area contributed by atoms with E-state index in [1.807, 2.05) is 42.2 Å². The van der Waals surface area contributed by atoms with Crippen LogP contribution in [0, 0.1) is 0 Å². The summed E-state index contributed by atoms with van der Waals surface area (Å²) in [6.07, 6.45) is 3.88. The average molecular weight is 384 g/mol. The van der Waals surface area contributed by atoms with Crippen molar-refractivity contribution in [3.8, 4) is 0 Å². The van der Waals surface area contributed by atoms with Gasteiger partial charge in [-0.05, 0) is 25.5 Å². The Balaban J connectivity index is 1.62. The molecule has 3 heterocycles. The minimum Gasteiger partial charge on any atom is -0.337 e. The van der Waals surface area contributed by atoms with E-state index in [1.54, 1.807) is 12.4 Å². The van der Waals surface area contributed by atoms with Gasteiger partial charge in [-0.2, -0.15) is 10.1 Å². The Hall–Kier alpha value is -2.81. The number of anilines is 3. The maximum atomic E-state index is 11.8. The Morgan fingerprint density at radius 3 is 2.89 bits per heavy atom. The van der Waals surface area contributed by atoms with E-state index in [2.05, 4.69) is 25.5 Å². The first-order chi connectivity index (χ1) is 13.1. The molecule has 0 radical (unpaired) electrons. The van der Waals surface area contributed by atoms with Crippen LogP contribution in [-0.2, 0) is 9.84 Å². The third-order valence-corrected chi connectivity index (χ3v) is 6.44. The van der Waals surface area contributed by atoms with Crippen LogP contribution in [0.15, 0.2) is 42.7 Å². The zero-order valence-electron chi connectivity index (χ0n) is 14.9. The molecule has 1 fully saturated rings. The smallest absolute Gasteiger partial charge is 0.247 e. The Morgan fingerprint density at radius 2 is 2.11 bits per heavy atom. The predicted molar refractivity (Wildman–Crippen MR) is 105 cm³/mol. The fourth-order valence-corrected chi connectivity index (χ4v) is 5.13. The fourth-order valence-electron chi connectivity index (χ4n) is 3.40. The minimum atomic E-state index is -2.98. The van der Waals surface area contributed by atoms with Gasteiger partial charge < -0.3 is 10.2 Å². The normalized spacial score (nSPS) is 18.5. The van der Waals surface area contributed by atoms with E-state index < -0.39 is 9.84 Å². The number of hydrogen-bond donors (Lipinski definition) is 1. The van der Waals surface area contributed by atoms with Crippen molar-refractivity contribution in [1.82, 2.24) is 20.2 Å². The number of hydrogen-bond acceptors (Lipinski definition) is 8. The van der Waals surface area contributed by atoms with Crippen molar-refractivity contribution >= 4 is 38.2 Å². The third kappa shape index (κ3) is 3.68. The molecule has 0 spiro atoms. The summed E-state index contributed by atoms with van der Waals surface area (Å²) in [7, 11) is -2.98. The average Bonchev–Trinajstić information content (AvgIpc) is 3.03. The molecule has 8 nitrogen and oxygen atoms in total. The van der Waals surface area contributed by atoms with Gasteiger partial charge in [0.2, 0.25) is 5.95 Å². The van der Waals surface area contributed by atoms with Crippen molar-refractivity contribution in [3.63, 3.8) is 0 Å². The molecule has 140 valence electrons. The highest BCUT2D eigenvalue weighted by Gasteiger charge is 2.33. The zero-order chi connectivity index (χ0) is 18.9. The SMILES string of the molecule is CCN(c1nncc(Nc2cccc3cccnc23)n1)C1CCS(=O)(=O)C1. The highest BCUT2D eigenvalue weighted by Crippen LogP contribution is 2.25. The molecule has 1 N–H and O–H groups in total. The number of fused-ring (bicyclic) bond motifs is 1. The van der Waals surface area contributed by atoms with Crippen LogP contribution in [0.4, 0.5) is 17.5 Å². The molecular weight excluding hydrogens is 364 g/mol. The van der Waals surface area contributed by atoms with E-state index >= 15 is 0 Å². The molecule has 3 aromatic rings. The van der Waals surface area contributed by atoms with Crippen LogP contribution in [0.3, 0.4) is 0 Å². The van der Waals surface area contributed by atoms with Gasteiger partial charge in [-0.1, -0.05) is 18.2 Å². The number of pyridine rings is 1. The summed E-state index contributed by atoms with van der Waals surface area (Å²) in [4.78, 5) is 10.9. The van der Waals surface area contributed by atoms with Crippen LogP contribution < -0.4 is 10.2 Å². The standard InChI is InChI=1S/C18H20N6O2S/c1-2-24(14-8-10-27(25,26)12-14)18-22-16(11-20-23-18)21-15-7-3-5-13-6-4-9-19-17(13)15/h3-7,9,11,14H,2,8,10,12H2,1H3,(H,21,22,23).